The number of rotatable bonds is 26. The van der Waals surface area contributed by atoms with Gasteiger partial charge >= 0.3 is 23.9 Å². The molecule has 0 aromatic carbocycles. The number of aliphatic hydroxyl groups is 1. The van der Waals surface area contributed by atoms with Gasteiger partial charge in [-0.25, -0.2) is 14.4 Å². The molecule has 15 N–H and O–H groups in total. The number of carbonyl (C=O) groups excluding carboxylic acids is 10. The molecule has 3 aliphatic heterocycles. The van der Waals surface area contributed by atoms with Crippen molar-refractivity contribution in [3.8, 4) is 0 Å². The first kappa shape index (κ1) is 57.3. The van der Waals surface area contributed by atoms with Gasteiger partial charge in [-0.1, -0.05) is 12.2 Å². The van der Waals surface area contributed by atoms with E-state index in [0.717, 1.165) is 4.90 Å². The number of aliphatic carboxylic acids is 2. The number of fused-ring (bicyclic) bond motifs is 1. The van der Waals surface area contributed by atoms with E-state index in [2.05, 4.69) is 42.1 Å². The maximum Gasteiger partial charge on any atom is 0.355 e. The number of imide groups is 1. The molecule has 30 nitrogen and oxygen atoms in total. The molecule has 414 valence electrons. The van der Waals surface area contributed by atoms with Crippen LogP contribution in [0.15, 0.2) is 33.5 Å². The molecule has 3 heterocycles. The van der Waals surface area contributed by atoms with E-state index in [4.69, 9.17) is 26.7 Å². The summed E-state index contributed by atoms with van der Waals surface area (Å²) in [5.74, 6) is -14.5. The van der Waals surface area contributed by atoms with Crippen LogP contribution < -0.4 is 49.2 Å². The number of guanidine groups is 1. The summed E-state index contributed by atoms with van der Waals surface area (Å²) in [6, 6.07) is -7.19. The summed E-state index contributed by atoms with van der Waals surface area (Å²) in [5.41, 5.74) is 20.3. The van der Waals surface area contributed by atoms with Gasteiger partial charge in [0.2, 0.25) is 47.3 Å². The van der Waals surface area contributed by atoms with E-state index in [-0.39, 0.29) is 99.2 Å². The van der Waals surface area contributed by atoms with Crippen LogP contribution in [0, 0.1) is 41.4 Å². The van der Waals surface area contributed by atoms with E-state index in [9.17, 15) is 72.9 Å². The molecule has 0 aromatic heterocycles. The van der Waals surface area contributed by atoms with Crippen LogP contribution in [-0.4, -0.2) is 192 Å². The highest BCUT2D eigenvalue weighted by atomic mass is 16.5. The van der Waals surface area contributed by atoms with Crippen LogP contribution in [0.4, 0.5) is 0 Å². The predicted molar refractivity (Wildman–Crippen MR) is 257 cm³/mol. The summed E-state index contributed by atoms with van der Waals surface area (Å²) >= 11 is 0. The lowest BCUT2D eigenvalue weighted by Gasteiger charge is -2.61. The third kappa shape index (κ3) is 12.4. The monoisotopic (exact) mass is 1070 g/mol. The number of aliphatic hydroxyl groups excluding tert-OH is 1. The van der Waals surface area contributed by atoms with Gasteiger partial charge in [0, 0.05) is 25.6 Å². The molecule has 0 radical (unpaired) electrons. The van der Waals surface area contributed by atoms with Crippen LogP contribution in [0.1, 0.15) is 51.4 Å². The fourth-order valence-electron chi connectivity index (χ4n) is 11.0. The van der Waals surface area contributed by atoms with Crippen molar-refractivity contribution in [3.05, 3.63) is 23.4 Å². The number of hydrogen-bond acceptors (Lipinski definition) is 19. The first-order chi connectivity index (χ1) is 36.1. The largest absolute Gasteiger partial charge is 0.481 e. The van der Waals surface area contributed by atoms with Gasteiger partial charge < -0.3 is 73.5 Å². The zero-order valence-corrected chi connectivity index (χ0v) is 41.6. The first-order valence-electron chi connectivity index (χ1n) is 24.5. The molecule has 7 aliphatic rings. The number of carboxylic acids is 2. The number of allylic oxidation sites excluding steroid dienone is 3. The Kier molecular flexibility index (Phi) is 18.8. The van der Waals surface area contributed by atoms with Crippen molar-refractivity contribution in [2.75, 3.05) is 53.6 Å². The van der Waals surface area contributed by atoms with Crippen molar-refractivity contribution in [2.45, 2.75) is 81.6 Å². The van der Waals surface area contributed by atoms with Crippen molar-refractivity contribution in [2.24, 2.45) is 68.7 Å². The Balaban J connectivity index is 0.968. The highest BCUT2D eigenvalue weighted by molar-refractivity contribution is 6.38. The molecule has 7 rings (SSSR count). The average molecular weight is 1070 g/mol. The molecule has 8 amide bonds. The van der Waals surface area contributed by atoms with Crippen LogP contribution in [0.2, 0.25) is 0 Å². The summed E-state index contributed by atoms with van der Waals surface area (Å²) in [6.07, 6.45) is 3.96. The van der Waals surface area contributed by atoms with Gasteiger partial charge in [-0.2, -0.15) is 5.10 Å². The molecule has 11 unspecified atom stereocenters. The Morgan fingerprint density at radius 2 is 1.43 bits per heavy atom. The number of methoxy groups -OCH3 is 2. The number of hydrazone groups is 1. The second kappa shape index (κ2) is 25.0. The van der Waals surface area contributed by atoms with Gasteiger partial charge in [0.1, 0.15) is 29.9 Å². The third-order valence-corrected chi connectivity index (χ3v) is 14.5. The van der Waals surface area contributed by atoms with E-state index in [1.807, 2.05) is 12.2 Å². The minimum Gasteiger partial charge on any atom is -0.481 e. The molecule has 76 heavy (non-hydrogen) atoms. The number of carbonyl (C=O) groups is 12. The number of likely N-dealkylation sites (tertiary alicyclic amines) is 2. The quantitative estimate of drug-likeness (QED) is 0.00957. The number of nitrogens with one attached hydrogen (secondary N) is 6. The van der Waals surface area contributed by atoms with Gasteiger partial charge in [-0.15, -0.1) is 0 Å². The molecule has 4 fully saturated rings. The Morgan fingerprint density at radius 1 is 0.803 bits per heavy atom. The highest BCUT2D eigenvalue weighted by Gasteiger charge is 2.70. The van der Waals surface area contributed by atoms with Crippen LogP contribution in [0.3, 0.4) is 0 Å². The summed E-state index contributed by atoms with van der Waals surface area (Å²) in [6.45, 7) is -2.40. The number of nitrogens with zero attached hydrogens (tertiary/aromatic N) is 4. The van der Waals surface area contributed by atoms with E-state index in [1.165, 1.54) is 19.1 Å². The topological polar surface area (TPSA) is 465 Å². The minimum atomic E-state index is -1.83. The third-order valence-electron chi connectivity index (χ3n) is 14.5. The number of carboxylic acid groups (broad SMARTS) is 2. The zero-order valence-electron chi connectivity index (χ0n) is 41.6. The van der Waals surface area contributed by atoms with Crippen molar-refractivity contribution in [1.29, 1.82) is 0 Å². The highest BCUT2D eigenvalue weighted by Crippen LogP contribution is 2.67. The Bertz CT molecular complexity index is 2510. The number of nitrogens with two attached hydrogens (primary N) is 3. The second-order valence-electron chi connectivity index (χ2n) is 19.0. The van der Waals surface area contributed by atoms with Crippen molar-refractivity contribution >= 4 is 82.8 Å². The predicted octanol–water partition coefficient (Wildman–Crippen LogP) is -6.39. The van der Waals surface area contributed by atoms with Crippen LogP contribution in [-0.2, 0) is 67.0 Å². The fourth-order valence-corrected chi connectivity index (χ4v) is 11.0. The SMILES string of the molecule is COC(=O)C1=NNC(C(=O)OC)=C2C1C1C3C=CC(C4C(=O)N(CCCC[C@H](N)C(=O)NCC(=O)NC(CCCN=C(N)N)C(=O)NCC(=O)NC(CC(=O)O)C(=O)NC(CO)C(=O)N5CCCC5C(=O)O)C(=O)C34)C21. The zero-order chi connectivity index (χ0) is 55.7. The van der Waals surface area contributed by atoms with Crippen LogP contribution >= 0.6 is 0 Å². The van der Waals surface area contributed by atoms with E-state index < -0.39 is 145 Å². The molecule has 0 aromatic rings. The first-order valence-corrected chi connectivity index (χ1v) is 24.5. The van der Waals surface area contributed by atoms with Gasteiger partial charge in [-0.3, -0.25) is 58.5 Å². The van der Waals surface area contributed by atoms with Crippen LogP contribution in [0.25, 0.3) is 0 Å². The molecular formula is C46H63N13O17. The lowest BCUT2D eigenvalue weighted by atomic mass is 9.40. The van der Waals surface area contributed by atoms with Gasteiger partial charge in [-0.05, 0) is 74.2 Å². The standard InChI is InChI=1S/C46H63N13O17/c1-75-44(73)35-33-29-19-10-11-20(30(29)34(33)36(57-56-35)45(74)76-2)32-31(19)41(69)59(42(32)70)13-4-3-7-21(47)37(65)51-16-26(61)53-22(8-5-12-50-46(48)49)38(66)52-17-27(62)54-23(15-28(63)64)39(67)55-24(18-60)40(68)58-14-6-9-25(58)43(71)72/h10-11,19-25,29-33,57,60H,3-9,12-18,47H2,1-2H3,(H,51,65)(H,52,66)(H,53,61)(H,54,62)(H,55,67)(H,63,64)(H,71,72)(H4,48,49,50)/t19?,20?,21-,22?,23?,24?,25?,29?,30?,31?,32?,33?/m0/s1. The minimum absolute atomic E-state index is 0.0253. The molecule has 2 bridgehead atoms. The molecule has 2 saturated heterocycles. The van der Waals surface area contributed by atoms with Gasteiger partial charge in [0.15, 0.2) is 11.7 Å². The normalized spacial score (nSPS) is 25.1. The molecule has 30 heteroatoms. The van der Waals surface area contributed by atoms with Crippen LogP contribution in [0.5, 0.6) is 0 Å². The molecule has 4 aliphatic carbocycles. The van der Waals surface area contributed by atoms with E-state index in [0.29, 0.717) is 12.0 Å². The molecule has 12 atom stereocenters. The molecule has 0 spiro atoms. The number of aliphatic imine (C=N–C) groups is 1. The lowest BCUT2D eigenvalue weighted by Crippen LogP contribution is -2.63. The van der Waals surface area contributed by atoms with Gasteiger partial charge in [0.25, 0.3) is 0 Å². The van der Waals surface area contributed by atoms with Crippen molar-refractivity contribution in [3.63, 3.8) is 0 Å². The Labute approximate surface area is 433 Å². The molecule has 2 saturated carbocycles. The second-order valence-corrected chi connectivity index (χ2v) is 19.0. The number of ether oxygens (including phenoxy) is 2. The summed E-state index contributed by atoms with van der Waals surface area (Å²) < 4.78 is 9.92. The molecular weight excluding hydrogens is 1010 g/mol. The van der Waals surface area contributed by atoms with E-state index in [1.54, 1.807) is 0 Å². The number of amides is 8. The summed E-state index contributed by atoms with van der Waals surface area (Å²) in [5, 5.41) is 44.2. The van der Waals surface area contributed by atoms with Crippen molar-refractivity contribution in [1.82, 2.24) is 41.8 Å². The number of unbranched alkanes of at least 4 members (excludes halogenated alkanes) is 1. The fraction of sp³-hybridized carbons (Fsp3) is 0.609. The van der Waals surface area contributed by atoms with Crippen molar-refractivity contribution < 1.29 is 82.3 Å². The number of hydrogen-bond donors (Lipinski definition) is 12. The Hall–Kier alpha value is -8.02. The Morgan fingerprint density at radius 3 is 2.05 bits per heavy atom. The summed E-state index contributed by atoms with van der Waals surface area (Å²) in [4.78, 5) is 161. The van der Waals surface area contributed by atoms with E-state index >= 15 is 0 Å². The summed E-state index contributed by atoms with van der Waals surface area (Å²) in [7, 11) is 2.42. The number of esters is 2. The lowest BCUT2D eigenvalue weighted by molar-refractivity contribution is -0.150. The van der Waals surface area contributed by atoms with Gasteiger partial charge in [0.05, 0.1) is 58.2 Å². The smallest absolute Gasteiger partial charge is 0.355 e. The maximum atomic E-state index is 13.9. The maximum absolute atomic E-state index is 13.9. The average Bonchev–Trinajstić information content (AvgIpc) is 3.99.